The molecule has 5 heteroatoms. The summed E-state index contributed by atoms with van der Waals surface area (Å²) in [6, 6.07) is 0.485. The molecule has 0 aromatic carbocycles. The molecule has 0 aliphatic heterocycles. The standard InChI is InChI=1S/C12H22ClN3O/c1-8(2)14-7-12(5,17)11-10(13)6-15-16(11)9(3)4/h6,8-9,14,17H,7H2,1-5H3. The van der Waals surface area contributed by atoms with Crippen LogP contribution in [0, 0.1) is 0 Å². The van der Waals surface area contributed by atoms with E-state index >= 15 is 0 Å². The summed E-state index contributed by atoms with van der Waals surface area (Å²) in [4.78, 5) is 0. The van der Waals surface area contributed by atoms with E-state index in [1.165, 1.54) is 0 Å². The molecule has 4 nitrogen and oxygen atoms in total. The first-order valence-electron chi connectivity index (χ1n) is 5.95. The van der Waals surface area contributed by atoms with Gasteiger partial charge < -0.3 is 10.4 Å². The Bertz CT molecular complexity index is 372. The highest BCUT2D eigenvalue weighted by molar-refractivity contribution is 6.31. The lowest BCUT2D eigenvalue weighted by atomic mass is 10.0. The monoisotopic (exact) mass is 259 g/mol. The Kier molecular flexibility index (Phi) is 4.58. The minimum Gasteiger partial charge on any atom is -0.382 e. The zero-order valence-electron chi connectivity index (χ0n) is 11.2. The van der Waals surface area contributed by atoms with Crippen molar-refractivity contribution in [2.75, 3.05) is 6.54 Å². The van der Waals surface area contributed by atoms with Crippen LogP contribution in [-0.2, 0) is 5.60 Å². The van der Waals surface area contributed by atoms with Crippen molar-refractivity contribution in [2.24, 2.45) is 0 Å². The molecular formula is C12H22ClN3O. The van der Waals surface area contributed by atoms with Gasteiger partial charge in [-0.2, -0.15) is 5.10 Å². The van der Waals surface area contributed by atoms with Gasteiger partial charge in [-0.05, 0) is 20.8 Å². The minimum atomic E-state index is -1.03. The lowest BCUT2D eigenvalue weighted by molar-refractivity contribution is 0.0444. The fraction of sp³-hybridized carbons (Fsp3) is 0.750. The molecule has 17 heavy (non-hydrogen) atoms. The number of aliphatic hydroxyl groups is 1. The molecular weight excluding hydrogens is 238 g/mol. The molecule has 1 aromatic rings. The highest BCUT2D eigenvalue weighted by Gasteiger charge is 2.31. The third-order valence-electron chi connectivity index (χ3n) is 2.60. The van der Waals surface area contributed by atoms with Crippen molar-refractivity contribution < 1.29 is 5.11 Å². The molecule has 1 rings (SSSR count). The zero-order chi connectivity index (χ0) is 13.2. The van der Waals surface area contributed by atoms with Gasteiger partial charge in [0.15, 0.2) is 0 Å². The van der Waals surface area contributed by atoms with Crippen molar-refractivity contribution in [2.45, 2.75) is 52.3 Å². The van der Waals surface area contributed by atoms with Gasteiger partial charge in [0.25, 0.3) is 0 Å². The SMILES string of the molecule is CC(C)NCC(C)(O)c1c(Cl)cnn1C(C)C. The van der Waals surface area contributed by atoms with Gasteiger partial charge in [-0.25, -0.2) is 0 Å². The van der Waals surface area contributed by atoms with Gasteiger partial charge in [-0.15, -0.1) is 0 Å². The third kappa shape index (κ3) is 3.44. The molecule has 1 aromatic heterocycles. The molecule has 2 N–H and O–H groups in total. The van der Waals surface area contributed by atoms with Crippen LogP contribution in [0.2, 0.25) is 5.02 Å². The highest BCUT2D eigenvalue weighted by Crippen LogP contribution is 2.29. The van der Waals surface area contributed by atoms with Crippen LogP contribution >= 0.6 is 11.6 Å². The molecule has 0 spiro atoms. The molecule has 0 aliphatic carbocycles. The Morgan fingerprint density at radius 2 is 2.06 bits per heavy atom. The zero-order valence-corrected chi connectivity index (χ0v) is 11.9. The van der Waals surface area contributed by atoms with Gasteiger partial charge >= 0.3 is 0 Å². The van der Waals surface area contributed by atoms with Gasteiger partial charge in [0, 0.05) is 18.6 Å². The summed E-state index contributed by atoms with van der Waals surface area (Å²) in [5, 5.41) is 18.5. The molecule has 1 unspecified atom stereocenters. The van der Waals surface area contributed by atoms with E-state index in [0.29, 0.717) is 23.3 Å². The van der Waals surface area contributed by atoms with Crippen LogP contribution < -0.4 is 5.32 Å². The summed E-state index contributed by atoms with van der Waals surface area (Å²) in [5.74, 6) is 0. The summed E-state index contributed by atoms with van der Waals surface area (Å²) in [6.07, 6.45) is 1.58. The summed E-state index contributed by atoms with van der Waals surface area (Å²) in [6.45, 7) is 10.3. The number of hydrogen-bond acceptors (Lipinski definition) is 3. The normalized spacial score (nSPS) is 15.6. The molecule has 0 saturated carbocycles. The Labute approximate surface area is 108 Å². The molecule has 0 amide bonds. The number of rotatable bonds is 5. The van der Waals surface area contributed by atoms with Crippen molar-refractivity contribution in [3.63, 3.8) is 0 Å². The van der Waals surface area contributed by atoms with Crippen LogP contribution in [0.15, 0.2) is 6.20 Å². The predicted octanol–water partition coefficient (Wildman–Crippen LogP) is 2.32. The Balaban J connectivity index is 3.00. The fourth-order valence-corrected chi connectivity index (χ4v) is 2.06. The van der Waals surface area contributed by atoms with Crippen LogP contribution in [0.25, 0.3) is 0 Å². The minimum absolute atomic E-state index is 0.169. The number of nitrogens with zero attached hydrogens (tertiary/aromatic N) is 2. The molecule has 0 saturated heterocycles. The molecule has 1 atom stereocenters. The second-order valence-electron chi connectivity index (χ2n) is 5.19. The number of nitrogens with one attached hydrogen (secondary N) is 1. The smallest absolute Gasteiger partial charge is 0.117 e. The largest absolute Gasteiger partial charge is 0.382 e. The van der Waals surface area contributed by atoms with Gasteiger partial charge in [0.05, 0.1) is 16.9 Å². The van der Waals surface area contributed by atoms with Gasteiger partial charge in [-0.1, -0.05) is 25.4 Å². The maximum absolute atomic E-state index is 10.5. The summed E-state index contributed by atoms with van der Waals surface area (Å²) < 4.78 is 1.77. The van der Waals surface area contributed by atoms with Gasteiger partial charge in [0.1, 0.15) is 5.60 Å². The summed E-state index contributed by atoms with van der Waals surface area (Å²) >= 11 is 6.12. The predicted molar refractivity (Wildman–Crippen MR) is 70.3 cm³/mol. The molecule has 0 aliphatic rings. The van der Waals surface area contributed by atoms with E-state index in [0.717, 1.165) is 0 Å². The van der Waals surface area contributed by atoms with E-state index in [1.807, 2.05) is 27.7 Å². The Morgan fingerprint density at radius 3 is 2.53 bits per heavy atom. The molecule has 1 heterocycles. The first kappa shape index (κ1) is 14.5. The second-order valence-corrected chi connectivity index (χ2v) is 5.60. The van der Waals surface area contributed by atoms with E-state index in [-0.39, 0.29) is 6.04 Å². The van der Waals surface area contributed by atoms with E-state index in [1.54, 1.807) is 17.8 Å². The lowest BCUT2D eigenvalue weighted by Gasteiger charge is -2.27. The summed E-state index contributed by atoms with van der Waals surface area (Å²) in [5.41, 5.74) is -0.357. The fourth-order valence-electron chi connectivity index (χ4n) is 1.72. The number of aromatic nitrogens is 2. The van der Waals surface area contributed by atoms with Gasteiger partial charge in [-0.3, -0.25) is 4.68 Å². The quantitative estimate of drug-likeness (QED) is 0.853. The first-order chi connectivity index (χ1) is 7.75. The van der Waals surface area contributed by atoms with E-state index in [9.17, 15) is 5.11 Å². The highest BCUT2D eigenvalue weighted by atomic mass is 35.5. The van der Waals surface area contributed by atoms with Crippen LogP contribution in [0.3, 0.4) is 0 Å². The number of halogens is 1. The maximum Gasteiger partial charge on any atom is 0.117 e. The Hall–Kier alpha value is -0.580. The average molecular weight is 260 g/mol. The molecule has 0 radical (unpaired) electrons. The maximum atomic E-state index is 10.5. The van der Waals surface area contributed by atoms with E-state index in [4.69, 9.17) is 11.6 Å². The number of hydrogen-bond donors (Lipinski definition) is 2. The van der Waals surface area contributed by atoms with Crippen molar-refractivity contribution in [1.82, 2.24) is 15.1 Å². The van der Waals surface area contributed by atoms with Crippen molar-refractivity contribution >= 4 is 11.6 Å². The van der Waals surface area contributed by atoms with Crippen LogP contribution in [0.4, 0.5) is 0 Å². The van der Waals surface area contributed by atoms with E-state index in [2.05, 4.69) is 10.4 Å². The average Bonchev–Trinajstić information content (AvgIpc) is 2.58. The van der Waals surface area contributed by atoms with Crippen LogP contribution in [0.1, 0.15) is 46.4 Å². The third-order valence-corrected chi connectivity index (χ3v) is 2.88. The molecule has 98 valence electrons. The first-order valence-corrected chi connectivity index (χ1v) is 6.32. The van der Waals surface area contributed by atoms with Crippen molar-refractivity contribution in [1.29, 1.82) is 0 Å². The second kappa shape index (κ2) is 5.38. The van der Waals surface area contributed by atoms with Crippen LogP contribution in [0.5, 0.6) is 0 Å². The summed E-state index contributed by atoms with van der Waals surface area (Å²) in [7, 11) is 0. The van der Waals surface area contributed by atoms with Crippen molar-refractivity contribution in [3.8, 4) is 0 Å². The molecule has 0 fully saturated rings. The van der Waals surface area contributed by atoms with E-state index < -0.39 is 5.60 Å². The van der Waals surface area contributed by atoms with Crippen LogP contribution in [-0.4, -0.2) is 27.5 Å². The molecule has 0 bridgehead atoms. The Morgan fingerprint density at radius 1 is 1.47 bits per heavy atom. The lowest BCUT2D eigenvalue weighted by Crippen LogP contribution is -2.40. The van der Waals surface area contributed by atoms with Crippen molar-refractivity contribution in [3.05, 3.63) is 16.9 Å². The topological polar surface area (TPSA) is 50.1 Å². The van der Waals surface area contributed by atoms with Gasteiger partial charge in [0.2, 0.25) is 0 Å².